The number of thiophene rings is 1. The maximum atomic E-state index is 12.9. The van der Waals surface area contributed by atoms with E-state index in [9.17, 15) is 22.8 Å². The Kier molecular flexibility index (Phi) is 8.43. The number of hydrogen-bond donors (Lipinski definition) is 1. The van der Waals surface area contributed by atoms with Crippen LogP contribution in [0.25, 0.3) is 0 Å². The van der Waals surface area contributed by atoms with E-state index in [0.29, 0.717) is 21.5 Å². The molecule has 2 heterocycles. The van der Waals surface area contributed by atoms with Crippen molar-refractivity contribution in [3.05, 3.63) is 51.7 Å². The van der Waals surface area contributed by atoms with Gasteiger partial charge in [-0.25, -0.2) is 4.79 Å². The van der Waals surface area contributed by atoms with Crippen molar-refractivity contribution in [3.63, 3.8) is 0 Å². The number of hydrogen-bond acceptors (Lipinski definition) is 8. The first-order valence-corrected chi connectivity index (χ1v) is 12.2. The summed E-state index contributed by atoms with van der Waals surface area (Å²) < 4.78 is 50.7. The highest BCUT2D eigenvalue weighted by atomic mass is 32.2. The zero-order valence-corrected chi connectivity index (χ0v) is 21.0. The average Bonchev–Trinajstić information content (AvgIpc) is 3.28. The van der Waals surface area contributed by atoms with Gasteiger partial charge in [-0.05, 0) is 44.5 Å². The van der Waals surface area contributed by atoms with E-state index in [-0.39, 0.29) is 30.6 Å². The number of amides is 1. The molecule has 0 saturated carbocycles. The van der Waals surface area contributed by atoms with Crippen LogP contribution in [-0.4, -0.2) is 39.0 Å². The second kappa shape index (κ2) is 11.1. The van der Waals surface area contributed by atoms with Crippen LogP contribution in [0.15, 0.2) is 29.4 Å². The van der Waals surface area contributed by atoms with Crippen LogP contribution in [0.2, 0.25) is 0 Å². The number of carbonyl (C=O) groups is 2. The first-order chi connectivity index (χ1) is 16.5. The lowest BCUT2D eigenvalue weighted by atomic mass is 10.1. The number of esters is 1. The summed E-state index contributed by atoms with van der Waals surface area (Å²) in [5.74, 6) is -0.407. The van der Waals surface area contributed by atoms with Crippen LogP contribution in [0.3, 0.4) is 0 Å². The number of carbonyl (C=O) groups excluding carboxylic acids is 2. The molecule has 0 spiro atoms. The van der Waals surface area contributed by atoms with Crippen LogP contribution in [0.5, 0.6) is 5.75 Å². The number of ether oxygens (including phenoxy) is 2. The fraction of sp³-hybridized carbons (Fsp3) is 0.364. The SMILES string of the molecule is CCOC(=O)c1c(NC(=O)CSc2nnc(COc3cccc(C(F)(F)F)c3)n2C)sc(C)c1C. The van der Waals surface area contributed by atoms with E-state index >= 15 is 0 Å². The predicted molar refractivity (Wildman–Crippen MR) is 126 cm³/mol. The summed E-state index contributed by atoms with van der Waals surface area (Å²) in [5, 5.41) is 11.6. The molecule has 1 aromatic carbocycles. The van der Waals surface area contributed by atoms with Crippen molar-refractivity contribution in [1.82, 2.24) is 14.8 Å². The maximum Gasteiger partial charge on any atom is 0.416 e. The van der Waals surface area contributed by atoms with Crippen molar-refractivity contribution in [2.75, 3.05) is 17.7 Å². The summed E-state index contributed by atoms with van der Waals surface area (Å²) >= 11 is 2.42. The highest BCUT2D eigenvalue weighted by Gasteiger charge is 2.30. The molecule has 0 radical (unpaired) electrons. The van der Waals surface area contributed by atoms with Gasteiger partial charge in [0.05, 0.1) is 23.5 Å². The highest BCUT2D eigenvalue weighted by molar-refractivity contribution is 7.99. The lowest BCUT2D eigenvalue weighted by molar-refractivity contribution is -0.137. The van der Waals surface area contributed by atoms with E-state index in [1.807, 2.05) is 6.92 Å². The van der Waals surface area contributed by atoms with Crippen molar-refractivity contribution in [1.29, 1.82) is 0 Å². The fourth-order valence-corrected chi connectivity index (χ4v) is 4.76. The summed E-state index contributed by atoms with van der Waals surface area (Å²) in [6, 6.07) is 4.56. The van der Waals surface area contributed by atoms with Gasteiger partial charge in [-0.15, -0.1) is 21.5 Å². The number of thioether (sulfide) groups is 1. The molecule has 188 valence electrons. The minimum Gasteiger partial charge on any atom is -0.486 e. The first kappa shape index (κ1) is 26.5. The van der Waals surface area contributed by atoms with Crippen molar-refractivity contribution >= 4 is 40.0 Å². The van der Waals surface area contributed by atoms with E-state index in [1.165, 1.54) is 23.5 Å². The molecule has 3 aromatic rings. The second-order valence-corrected chi connectivity index (χ2v) is 9.48. The van der Waals surface area contributed by atoms with Crippen LogP contribution < -0.4 is 10.1 Å². The molecule has 0 aliphatic rings. The van der Waals surface area contributed by atoms with Gasteiger partial charge in [0, 0.05) is 11.9 Å². The van der Waals surface area contributed by atoms with Gasteiger partial charge in [0.25, 0.3) is 0 Å². The molecular weight excluding hydrogens is 505 g/mol. The van der Waals surface area contributed by atoms with E-state index in [1.54, 1.807) is 25.5 Å². The second-order valence-electron chi connectivity index (χ2n) is 7.32. The number of aryl methyl sites for hydroxylation is 1. The Balaban J connectivity index is 1.60. The number of anilines is 1. The van der Waals surface area contributed by atoms with E-state index in [2.05, 4.69) is 15.5 Å². The Labute approximate surface area is 207 Å². The molecule has 0 aliphatic carbocycles. The lowest BCUT2D eigenvalue weighted by Gasteiger charge is -2.10. The fourth-order valence-electron chi connectivity index (χ4n) is 2.96. The summed E-state index contributed by atoms with van der Waals surface area (Å²) in [6.07, 6.45) is -4.47. The molecule has 2 aromatic heterocycles. The van der Waals surface area contributed by atoms with Gasteiger partial charge in [-0.1, -0.05) is 17.8 Å². The number of nitrogens with one attached hydrogen (secondary N) is 1. The highest BCUT2D eigenvalue weighted by Crippen LogP contribution is 2.34. The molecule has 13 heteroatoms. The van der Waals surface area contributed by atoms with Crippen molar-refractivity contribution in [2.45, 2.75) is 38.7 Å². The van der Waals surface area contributed by atoms with Crippen LogP contribution in [0.4, 0.5) is 18.2 Å². The normalized spacial score (nSPS) is 11.4. The maximum absolute atomic E-state index is 12.9. The van der Waals surface area contributed by atoms with Gasteiger partial charge < -0.3 is 19.4 Å². The number of benzene rings is 1. The molecular formula is C22H23F3N4O4S2. The van der Waals surface area contributed by atoms with Crippen molar-refractivity contribution in [2.24, 2.45) is 7.05 Å². The Morgan fingerprint density at radius 1 is 1.23 bits per heavy atom. The van der Waals surface area contributed by atoms with Crippen LogP contribution >= 0.6 is 23.1 Å². The van der Waals surface area contributed by atoms with Crippen LogP contribution in [0.1, 0.15) is 39.1 Å². The quantitative estimate of drug-likeness (QED) is 0.309. The molecule has 0 aliphatic heterocycles. The number of aromatic nitrogens is 3. The van der Waals surface area contributed by atoms with Gasteiger partial charge in [-0.3, -0.25) is 4.79 Å². The predicted octanol–water partition coefficient (Wildman–Crippen LogP) is 5.00. The smallest absolute Gasteiger partial charge is 0.416 e. The molecule has 0 unspecified atom stereocenters. The minimum absolute atomic E-state index is 0.00127. The van der Waals surface area contributed by atoms with Crippen molar-refractivity contribution in [3.8, 4) is 5.75 Å². The molecule has 3 rings (SSSR count). The Bertz CT molecular complexity index is 1220. The summed E-state index contributed by atoms with van der Waals surface area (Å²) in [5.41, 5.74) is 0.299. The molecule has 1 amide bonds. The topological polar surface area (TPSA) is 95.3 Å². The third-order valence-electron chi connectivity index (χ3n) is 4.90. The number of rotatable bonds is 9. The summed E-state index contributed by atoms with van der Waals surface area (Å²) in [6.45, 7) is 5.48. The van der Waals surface area contributed by atoms with E-state index in [4.69, 9.17) is 9.47 Å². The average molecular weight is 529 g/mol. The molecule has 0 atom stereocenters. The summed E-state index contributed by atoms with van der Waals surface area (Å²) in [7, 11) is 1.66. The summed E-state index contributed by atoms with van der Waals surface area (Å²) in [4.78, 5) is 25.7. The number of nitrogens with zero attached hydrogens (tertiary/aromatic N) is 3. The minimum atomic E-state index is -4.47. The monoisotopic (exact) mass is 528 g/mol. The number of halogens is 3. The Morgan fingerprint density at radius 2 is 1.97 bits per heavy atom. The lowest BCUT2D eigenvalue weighted by Crippen LogP contribution is -2.16. The largest absolute Gasteiger partial charge is 0.486 e. The molecule has 0 fully saturated rings. The van der Waals surface area contributed by atoms with Crippen LogP contribution in [0, 0.1) is 13.8 Å². The zero-order valence-electron chi connectivity index (χ0n) is 19.4. The molecule has 35 heavy (non-hydrogen) atoms. The van der Waals surface area contributed by atoms with Gasteiger partial charge in [-0.2, -0.15) is 13.2 Å². The third kappa shape index (κ3) is 6.54. The molecule has 0 bridgehead atoms. The third-order valence-corrected chi connectivity index (χ3v) is 7.05. The van der Waals surface area contributed by atoms with Gasteiger partial charge in [0.1, 0.15) is 17.4 Å². The van der Waals surface area contributed by atoms with E-state index < -0.39 is 17.7 Å². The Hall–Kier alpha value is -3.06. The molecule has 0 saturated heterocycles. The Morgan fingerprint density at radius 3 is 2.66 bits per heavy atom. The first-order valence-electron chi connectivity index (χ1n) is 10.4. The standard InChI is InChI=1S/C22H23F3N4O4S2/c1-5-32-20(31)18-12(2)13(3)35-19(18)26-17(30)11-34-21-28-27-16(29(21)4)10-33-15-8-6-7-14(9-15)22(23,24)25/h6-9H,5,10-11H2,1-4H3,(H,26,30). The number of alkyl halides is 3. The van der Waals surface area contributed by atoms with Crippen molar-refractivity contribution < 1.29 is 32.2 Å². The van der Waals surface area contributed by atoms with Gasteiger partial charge >= 0.3 is 12.1 Å². The molecule has 8 nitrogen and oxygen atoms in total. The van der Waals surface area contributed by atoms with Crippen LogP contribution in [-0.2, 0) is 29.4 Å². The van der Waals surface area contributed by atoms with Gasteiger partial charge in [0.2, 0.25) is 5.91 Å². The van der Waals surface area contributed by atoms with Gasteiger partial charge in [0.15, 0.2) is 11.0 Å². The molecule has 1 N–H and O–H groups in total. The van der Waals surface area contributed by atoms with E-state index in [0.717, 1.165) is 34.3 Å². The zero-order chi connectivity index (χ0) is 25.8.